The summed E-state index contributed by atoms with van der Waals surface area (Å²) in [6, 6.07) is 16.9. The Labute approximate surface area is 203 Å². The molecular weight excluding hydrogens is 450 g/mol. The maximum Gasteiger partial charge on any atom is 0.300 e. The Kier molecular flexibility index (Phi) is 7.03. The molecule has 1 aliphatic heterocycles. The fourth-order valence-electron chi connectivity index (χ4n) is 3.84. The number of thiophene rings is 1. The van der Waals surface area contributed by atoms with Crippen molar-refractivity contribution >= 4 is 34.5 Å². The number of carbonyl (C=O) groups is 2. The fraction of sp³-hybridized carbons (Fsp3) is 0.259. The molecule has 1 fully saturated rings. The summed E-state index contributed by atoms with van der Waals surface area (Å²) in [4.78, 5) is 28.6. The molecule has 3 aromatic rings. The highest BCUT2D eigenvalue weighted by Crippen LogP contribution is 2.44. The number of hydrogen-bond acceptors (Lipinski definition) is 6. The van der Waals surface area contributed by atoms with Crippen LogP contribution < -0.4 is 14.4 Å². The van der Waals surface area contributed by atoms with Crippen molar-refractivity contribution in [1.29, 1.82) is 0 Å². The smallest absolute Gasteiger partial charge is 0.300 e. The summed E-state index contributed by atoms with van der Waals surface area (Å²) in [5, 5.41) is 13.2. The number of Topliss-reactive ketones (excluding diaryl/α,β-unsaturated/α-hetero) is 1. The van der Waals surface area contributed by atoms with Gasteiger partial charge in [0, 0.05) is 16.1 Å². The molecule has 0 radical (unpaired) electrons. The second-order valence-electron chi connectivity index (χ2n) is 8.34. The summed E-state index contributed by atoms with van der Waals surface area (Å²) >= 11 is 1.42. The first-order chi connectivity index (χ1) is 16.4. The molecule has 0 saturated carbocycles. The molecule has 1 aromatic heterocycles. The van der Waals surface area contributed by atoms with Crippen LogP contribution in [0.2, 0.25) is 0 Å². The molecule has 1 saturated heterocycles. The highest BCUT2D eigenvalue weighted by atomic mass is 32.1. The third-order valence-electron chi connectivity index (χ3n) is 5.37. The van der Waals surface area contributed by atoms with E-state index in [-0.39, 0.29) is 11.3 Å². The van der Waals surface area contributed by atoms with Gasteiger partial charge >= 0.3 is 0 Å². The minimum atomic E-state index is -0.738. The normalized spacial score (nSPS) is 17.4. The minimum Gasteiger partial charge on any atom is -0.507 e. The third kappa shape index (κ3) is 4.70. The maximum atomic E-state index is 13.2. The van der Waals surface area contributed by atoms with Crippen LogP contribution in [0, 0.1) is 5.92 Å². The van der Waals surface area contributed by atoms with Gasteiger partial charge in [-0.25, -0.2) is 0 Å². The lowest BCUT2D eigenvalue weighted by atomic mass is 9.99. The van der Waals surface area contributed by atoms with Crippen molar-refractivity contribution in [1.82, 2.24) is 0 Å². The van der Waals surface area contributed by atoms with Crippen LogP contribution in [0.4, 0.5) is 5.69 Å². The number of aliphatic hydroxyl groups excluding tert-OH is 1. The summed E-state index contributed by atoms with van der Waals surface area (Å²) in [5.74, 6) is -0.0230. The highest BCUT2D eigenvalue weighted by Gasteiger charge is 2.47. The molecule has 34 heavy (non-hydrogen) atoms. The van der Waals surface area contributed by atoms with Gasteiger partial charge in [0.25, 0.3) is 11.7 Å². The van der Waals surface area contributed by atoms with Crippen molar-refractivity contribution in [3.8, 4) is 11.5 Å². The van der Waals surface area contributed by atoms with Gasteiger partial charge in [0.15, 0.2) is 0 Å². The number of amides is 1. The lowest BCUT2D eigenvalue weighted by Crippen LogP contribution is -2.29. The van der Waals surface area contributed by atoms with Crippen molar-refractivity contribution in [2.75, 3.05) is 18.1 Å². The Bertz CT molecular complexity index is 1200. The number of aliphatic hydroxyl groups is 1. The summed E-state index contributed by atoms with van der Waals surface area (Å²) < 4.78 is 11.3. The molecule has 4 rings (SSSR count). The van der Waals surface area contributed by atoms with Gasteiger partial charge in [0.2, 0.25) is 0 Å². The molecule has 2 heterocycles. The second kappa shape index (κ2) is 10.1. The molecule has 6 nitrogen and oxygen atoms in total. The molecule has 2 aromatic carbocycles. The van der Waals surface area contributed by atoms with Crippen LogP contribution in [0.25, 0.3) is 5.76 Å². The van der Waals surface area contributed by atoms with Gasteiger partial charge in [-0.15, -0.1) is 11.3 Å². The number of anilines is 1. The average Bonchev–Trinajstić information content (AvgIpc) is 3.45. The zero-order valence-corrected chi connectivity index (χ0v) is 20.2. The minimum absolute atomic E-state index is 0.0577. The van der Waals surface area contributed by atoms with Crippen molar-refractivity contribution in [3.05, 3.63) is 82.1 Å². The van der Waals surface area contributed by atoms with Gasteiger partial charge in [-0.3, -0.25) is 14.5 Å². The van der Waals surface area contributed by atoms with Crippen LogP contribution in [0.15, 0.2) is 71.6 Å². The first-order valence-corrected chi connectivity index (χ1v) is 12.1. The zero-order valence-electron chi connectivity index (χ0n) is 19.4. The molecule has 7 heteroatoms. The lowest BCUT2D eigenvalue weighted by molar-refractivity contribution is -0.132. The lowest BCUT2D eigenvalue weighted by Gasteiger charge is -2.24. The Morgan fingerprint density at radius 1 is 1.03 bits per heavy atom. The first-order valence-electron chi connectivity index (χ1n) is 11.2. The molecule has 0 bridgehead atoms. The van der Waals surface area contributed by atoms with Crippen LogP contribution >= 0.6 is 11.3 Å². The molecule has 1 N–H and O–H groups in total. The van der Waals surface area contributed by atoms with Crippen molar-refractivity contribution in [3.63, 3.8) is 0 Å². The van der Waals surface area contributed by atoms with Crippen LogP contribution in [-0.2, 0) is 9.59 Å². The number of carbonyl (C=O) groups excluding carboxylic acids is 2. The molecule has 0 aliphatic carbocycles. The zero-order chi connectivity index (χ0) is 24.2. The van der Waals surface area contributed by atoms with Gasteiger partial charge in [-0.05, 0) is 60.7 Å². The fourth-order valence-corrected chi connectivity index (χ4v) is 4.66. The van der Waals surface area contributed by atoms with E-state index < -0.39 is 17.7 Å². The van der Waals surface area contributed by atoms with Crippen LogP contribution in [0.1, 0.15) is 37.3 Å². The van der Waals surface area contributed by atoms with E-state index >= 15 is 0 Å². The Morgan fingerprint density at radius 2 is 1.79 bits per heavy atom. The van der Waals surface area contributed by atoms with Gasteiger partial charge in [0.1, 0.15) is 23.3 Å². The highest BCUT2D eigenvalue weighted by molar-refractivity contribution is 7.10. The number of rotatable bonds is 8. The van der Waals surface area contributed by atoms with E-state index in [1.807, 2.05) is 38.3 Å². The average molecular weight is 478 g/mol. The van der Waals surface area contributed by atoms with Crippen molar-refractivity contribution in [2.24, 2.45) is 5.92 Å². The largest absolute Gasteiger partial charge is 0.507 e. The molecular formula is C27H27NO5S. The quantitative estimate of drug-likeness (QED) is 0.252. The first kappa shape index (κ1) is 23.6. The van der Waals surface area contributed by atoms with E-state index in [1.165, 1.54) is 16.2 Å². The summed E-state index contributed by atoms with van der Waals surface area (Å²) in [6.45, 7) is 7.05. The van der Waals surface area contributed by atoms with Crippen LogP contribution in [0.3, 0.4) is 0 Å². The van der Waals surface area contributed by atoms with Crippen molar-refractivity contribution in [2.45, 2.75) is 26.8 Å². The van der Waals surface area contributed by atoms with E-state index in [1.54, 1.807) is 48.5 Å². The van der Waals surface area contributed by atoms with E-state index in [4.69, 9.17) is 9.47 Å². The van der Waals surface area contributed by atoms with Gasteiger partial charge in [0.05, 0.1) is 18.8 Å². The summed E-state index contributed by atoms with van der Waals surface area (Å²) in [6.07, 6.45) is 0. The molecule has 1 amide bonds. The van der Waals surface area contributed by atoms with E-state index in [2.05, 4.69) is 0 Å². The predicted molar refractivity (Wildman–Crippen MR) is 133 cm³/mol. The monoisotopic (exact) mass is 477 g/mol. The van der Waals surface area contributed by atoms with Gasteiger partial charge in [-0.2, -0.15) is 0 Å². The molecule has 1 atom stereocenters. The predicted octanol–water partition coefficient (Wildman–Crippen LogP) is 5.81. The van der Waals surface area contributed by atoms with E-state index in [0.29, 0.717) is 41.9 Å². The second-order valence-corrected chi connectivity index (χ2v) is 9.32. The van der Waals surface area contributed by atoms with E-state index in [0.717, 1.165) is 4.88 Å². The Balaban J connectivity index is 1.78. The van der Waals surface area contributed by atoms with Gasteiger partial charge in [-0.1, -0.05) is 32.0 Å². The molecule has 176 valence electrons. The number of nitrogens with zero attached hydrogens (tertiary/aromatic N) is 1. The van der Waals surface area contributed by atoms with Crippen LogP contribution in [0.5, 0.6) is 11.5 Å². The standard InChI is InChI=1S/C27H27NO5S/c1-4-32-20-12-10-19(11-13-20)28-24(22-9-6-14-34-22)23(26(30)27(28)31)25(29)18-7-5-8-21(15-18)33-16-17(2)3/h5-15,17,24,29H,4,16H2,1-3H3/b25-23-. The summed E-state index contributed by atoms with van der Waals surface area (Å²) in [7, 11) is 0. The SMILES string of the molecule is CCOc1ccc(N2C(=O)C(=O)/C(=C(\O)c3cccc(OCC(C)C)c3)C2c2cccs2)cc1. The molecule has 1 aliphatic rings. The van der Waals surface area contributed by atoms with Crippen LogP contribution in [-0.4, -0.2) is 30.0 Å². The topological polar surface area (TPSA) is 76.1 Å². The number of ketones is 1. The third-order valence-corrected chi connectivity index (χ3v) is 6.30. The number of benzene rings is 2. The Hall–Kier alpha value is -3.58. The summed E-state index contributed by atoms with van der Waals surface area (Å²) in [5.41, 5.74) is 1.03. The van der Waals surface area contributed by atoms with Gasteiger partial charge < -0.3 is 14.6 Å². The van der Waals surface area contributed by atoms with E-state index in [9.17, 15) is 14.7 Å². The Morgan fingerprint density at radius 3 is 2.44 bits per heavy atom. The molecule has 0 spiro atoms. The number of ether oxygens (including phenoxy) is 2. The number of hydrogen-bond donors (Lipinski definition) is 1. The van der Waals surface area contributed by atoms with Crippen molar-refractivity contribution < 1.29 is 24.2 Å². The molecule has 1 unspecified atom stereocenters. The maximum absolute atomic E-state index is 13.2.